The van der Waals surface area contributed by atoms with Gasteiger partial charge in [-0.05, 0) is 50.6 Å². The van der Waals surface area contributed by atoms with Gasteiger partial charge < -0.3 is 24.3 Å². The first-order valence-corrected chi connectivity index (χ1v) is 8.77. The molecule has 1 atom stereocenters. The maximum absolute atomic E-state index is 12.7. The zero-order valence-electron chi connectivity index (χ0n) is 16.7. The van der Waals surface area contributed by atoms with E-state index in [1.54, 1.807) is 25.3 Å². The van der Waals surface area contributed by atoms with E-state index in [1.165, 1.54) is 14.2 Å². The Hall–Kier alpha value is -2.89. The van der Waals surface area contributed by atoms with E-state index in [-0.39, 0.29) is 18.1 Å². The van der Waals surface area contributed by atoms with Crippen LogP contribution in [0.15, 0.2) is 36.4 Å². The van der Waals surface area contributed by atoms with E-state index in [0.717, 1.165) is 5.56 Å². The summed E-state index contributed by atoms with van der Waals surface area (Å²) < 4.78 is 21.8. The maximum Gasteiger partial charge on any atom is 0.255 e. The van der Waals surface area contributed by atoms with Crippen molar-refractivity contribution in [2.24, 2.45) is 0 Å². The summed E-state index contributed by atoms with van der Waals surface area (Å²) in [5.74, 6) is 1.96. The maximum atomic E-state index is 12.7. The van der Waals surface area contributed by atoms with Crippen LogP contribution in [-0.4, -0.2) is 33.3 Å². The SMILES string of the molecule is COc1cc(C(C)NC(=O)c2cccc(OC)c2OC)ccc1OC(C)C. The Morgan fingerprint density at radius 2 is 1.59 bits per heavy atom. The minimum Gasteiger partial charge on any atom is -0.493 e. The van der Waals surface area contributed by atoms with E-state index in [0.29, 0.717) is 28.6 Å². The number of hydrogen-bond acceptors (Lipinski definition) is 5. The molecule has 0 aromatic heterocycles. The molecule has 1 N–H and O–H groups in total. The fraction of sp³-hybridized carbons (Fsp3) is 0.381. The lowest BCUT2D eigenvalue weighted by atomic mass is 10.1. The zero-order chi connectivity index (χ0) is 20.0. The van der Waals surface area contributed by atoms with Gasteiger partial charge in [0.15, 0.2) is 23.0 Å². The lowest BCUT2D eigenvalue weighted by Crippen LogP contribution is -2.27. The second-order valence-electron chi connectivity index (χ2n) is 6.31. The Bertz CT molecular complexity index is 788. The molecule has 27 heavy (non-hydrogen) atoms. The first-order valence-electron chi connectivity index (χ1n) is 8.77. The molecule has 2 aromatic carbocycles. The van der Waals surface area contributed by atoms with E-state index < -0.39 is 0 Å². The van der Waals surface area contributed by atoms with Crippen LogP contribution in [0.1, 0.15) is 42.7 Å². The molecule has 6 nitrogen and oxygen atoms in total. The monoisotopic (exact) mass is 373 g/mol. The van der Waals surface area contributed by atoms with Gasteiger partial charge in [-0.2, -0.15) is 0 Å². The van der Waals surface area contributed by atoms with Crippen LogP contribution in [0.25, 0.3) is 0 Å². The van der Waals surface area contributed by atoms with Crippen LogP contribution in [0.2, 0.25) is 0 Å². The second kappa shape index (κ2) is 9.16. The Morgan fingerprint density at radius 1 is 0.889 bits per heavy atom. The van der Waals surface area contributed by atoms with E-state index >= 15 is 0 Å². The second-order valence-corrected chi connectivity index (χ2v) is 6.31. The van der Waals surface area contributed by atoms with Crippen molar-refractivity contribution >= 4 is 5.91 Å². The predicted octanol–water partition coefficient (Wildman–Crippen LogP) is 3.99. The number of hydrogen-bond donors (Lipinski definition) is 1. The normalized spacial score (nSPS) is 11.7. The molecule has 146 valence electrons. The molecule has 0 aliphatic carbocycles. The van der Waals surface area contributed by atoms with Gasteiger partial charge in [0, 0.05) is 0 Å². The molecule has 0 radical (unpaired) electrons. The molecule has 0 spiro atoms. The molecule has 1 unspecified atom stereocenters. The fourth-order valence-electron chi connectivity index (χ4n) is 2.73. The number of nitrogens with one attached hydrogen (secondary N) is 1. The first-order chi connectivity index (χ1) is 12.9. The van der Waals surface area contributed by atoms with Crippen LogP contribution < -0.4 is 24.3 Å². The van der Waals surface area contributed by atoms with Crippen LogP contribution >= 0.6 is 0 Å². The summed E-state index contributed by atoms with van der Waals surface area (Å²) in [6.07, 6.45) is 0.0439. The average molecular weight is 373 g/mol. The largest absolute Gasteiger partial charge is 0.493 e. The molecule has 6 heteroatoms. The molecule has 0 aliphatic heterocycles. The Kier molecular flexibility index (Phi) is 6.93. The Labute approximate surface area is 160 Å². The number of rotatable bonds is 8. The third kappa shape index (κ3) is 4.84. The predicted molar refractivity (Wildman–Crippen MR) is 104 cm³/mol. The number of ether oxygens (including phenoxy) is 4. The molecule has 0 saturated heterocycles. The molecular formula is C21H27NO5. The van der Waals surface area contributed by atoms with Gasteiger partial charge in [-0.1, -0.05) is 12.1 Å². The van der Waals surface area contributed by atoms with Gasteiger partial charge in [0.25, 0.3) is 5.91 Å². The van der Waals surface area contributed by atoms with Crippen molar-refractivity contribution in [3.05, 3.63) is 47.5 Å². The average Bonchev–Trinajstić information content (AvgIpc) is 2.66. The quantitative estimate of drug-likeness (QED) is 0.758. The van der Waals surface area contributed by atoms with Crippen LogP contribution in [0, 0.1) is 0 Å². The molecule has 0 fully saturated rings. The number of methoxy groups -OCH3 is 3. The van der Waals surface area contributed by atoms with Crippen molar-refractivity contribution in [3.63, 3.8) is 0 Å². The number of carbonyl (C=O) groups excluding carboxylic acids is 1. The summed E-state index contributed by atoms with van der Waals surface area (Å²) in [5.41, 5.74) is 1.31. The van der Waals surface area contributed by atoms with Gasteiger partial charge in [-0.15, -0.1) is 0 Å². The lowest BCUT2D eigenvalue weighted by molar-refractivity contribution is 0.0936. The third-order valence-corrected chi connectivity index (χ3v) is 4.05. The van der Waals surface area contributed by atoms with E-state index in [9.17, 15) is 4.79 Å². The van der Waals surface area contributed by atoms with Crippen molar-refractivity contribution in [1.82, 2.24) is 5.32 Å². The summed E-state index contributed by atoms with van der Waals surface area (Å²) in [5, 5.41) is 2.98. The smallest absolute Gasteiger partial charge is 0.255 e. The van der Waals surface area contributed by atoms with Crippen LogP contribution in [0.3, 0.4) is 0 Å². The highest BCUT2D eigenvalue weighted by Gasteiger charge is 2.19. The Morgan fingerprint density at radius 3 is 2.19 bits per heavy atom. The number of amides is 1. The molecule has 0 heterocycles. The van der Waals surface area contributed by atoms with Crippen molar-refractivity contribution in [3.8, 4) is 23.0 Å². The molecule has 2 rings (SSSR count). The highest BCUT2D eigenvalue weighted by Crippen LogP contribution is 2.33. The summed E-state index contributed by atoms with van der Waals surface area (Å²) in [7, 11) is 4.64. The molecular weight excluding hydrogens is 346 g/mol. The van der Waals surface area contributed by atoms with Gasteiger partial charge in [-0.3, -0.25) is 4.79 Å². The molecule has 1 amide bonds. The van der Waals surface area contributed by atoms with Crippen LogP contribution in [0.4, 0.5) is 0 Å². The lowest BCUT2D eigenvalue weighted by Gasteiger charge is -2.19. The van der Waals surface area contributed by atoms with Crippen LogP contribution in [-0.2, 0) is 0 Å². The van der Waals surface area contributed by atoms with E-state index in [4.69, 9.17) is 18.9 Å². The van der Waals surface area contributed by atoms with Crippen molar-refractivity contribution in [1.29, 1.82) is 0 Å². The van der Waals surface area contributed by atoms with Gasteiger partial charge in [-0.25, -0.2) is 0 Å². The number of para-hydroxylation sites is 1. The topological polar surface area (TPSA) is 66.0 Å². The Balaban J connectivity index is 2.22. The first kappa shape index (κ1) is 20.4. The van der Waals surface area contributed by atoms with Gasteiger partial charge >= 0.3 is 0 Å². The minimum absolute atomic E-state index is 0.0439. The zero-order valence-corrected chi connectivity index (χ0v) is 16.7. The van der Waals surface area contributed by atoms with E-state index in [1.807, 2.05) is 39.0 Å². The molecule has 2 aromatic rings. The highest BCUT2D eigenvalue weighted by atomic mass is 16.5. The van der Waals surface area contributed by atoms with Crippen molar-refractivity contribution < 1.29 is 23.7 Å². The summed E-state index contributed by atoms with van der Waals surface area (Å²) >= 11 is 0. The number of benzene rings is 2. The summed E-state index contributed by atoms with van der Waals surface area (Å²) in [6, 6.07) is 10.6. The van der Waals surface area contributed by atoms with Crippen LogP contribution in [0.5, 0.6) is 23.0 Å². The van der Waals surface area contributed by atoms with Gasteiger partial charge in [0.1, 0.15) is 0 Å². The fourth-order valence-corrected chi connectivity index (χ4v) is 2.73. The van der Waals surface area contributed by atoms with Crippen molar-refractivity contribution in [2.75, 3.05) is 21.3 Å². The highest BCUT2D eigenvalue weighted by molar-refractivity contribution is 5.98. The van der Waals surface area contributed by atoms with Crippen molar-refractivity contribution in [2.45, 2.75) is 32.9 Å². The molecule has 0 aliphatic rings. The standard InChI is InChI=1S/C21H27NO5/c1-13(2)27-17-11-10-15(12-19(17)25-5)14(3)22-21(23)16-8-7-9-18(24-4)20(16)26-6/h7-14H,1-6H3,(H,22,23). The molecule has 0 bridgehead atoms. The van der Waals surface area contributed by atoms with Gasteiger partial charge in [0.2, 0.25) is 0 Å². The molecule has 0 saturated carbocycles. The number of carbonyl (C=O) groups is 1. The summed E-state index contributed by atoms with van der Waals surface area (Å²) in [4.78, 5) is 12.7. The summed E-state index contributed by atoms with van der Waals surface area (Å²) in [6.45, 7) is 5.82. The third-order valence-electron chi connectivity index (χ3n) is 4.05. The van der Waals surface area contributed by atoms with Gasteiger partial charge in [0.05, 0.1) is 39.0 Å². The minimum atomic E-state index is -0.250. The van der Waals surface area contributed by atoms with E-state index in [2.05, 4.69) is 5.32 Å².